The van der Waals surface area contributed by atoms with Gasteiger partial charge in [-0.1, -0.05) is 0 Å². The van der Waals surface area contributed by atoms with Gasteiger partial charge in [0.2, 0.25) is 0 Å². The molecule has 0 aromatic heterocycles. The molecule has 0 rings (SSSR count). The normalized spacial score (nSPS) is 6.50. The Morgan fingerprint density at radius 3 is 1.38 bits per heavy atom. The van der Waals surface area contributed by atoms with Crippen LogP contribution in [0.15, 0.2) is 0 Å². The van der Waals surface area contributed by atoms with Gasteiger partial charge in [0.1, 0.15) is 0 Å². The van der Waals surface area contributed by atoms with E-state index in [9.17, 15) is 9.59 Å². The number of nitrogens with one attached hydrogen (secondary N) is 1. The van der Waals surface area contributed by atoms with Gasteiger partial charge in [-0.3, -0.25) is 5.32 Å². The average molecular weight is 222 g/mol. The first-order valence-corrected chi connectivity index (χ1v) is 1.49. The molecular weight excluding hydrogens is 217 g/mol. The number of hydrogen-bond donors (Lipinski definition) is 3. The Labute approximate surface area is 62.7 Å². The van der Waals surface area contributed by atoms with Gasteiger partial charge in [-0.25, -0.2) is 9.59 Å². The third-order valence-electron chi connectivity index (χ3n) is 0.246. The van der Waals surface area contributed by atoms with E-state index >= 15 is 0 Å². The molecule has 0 aliphatic heterocycles. The zero-order valence-electron chi connectivity index (χ0n) is 3.97. The van der Waals surface area contributed by atoms with Gasteiger partial charge in [-0.05, 0) is 0 Å². The Morgan fingerprint density at radius 2 is 1.38 bits per heavy atom. The Bertz CT molecular complexity index is 91.5. The maximum atomic E-state index is 9.62. The van der Waals surface area contributed by atoms with Crippen molar-refractivity contribution in [2.45, 2.75) is 0 Å². The molecule has 0 unspecified atom stereocenters. The van der Waals surface area contributed by atoms with Crippen LogP contribution in [0.1, 0.15) is 0 Å². The smallest absolute Gasteiger partial charge is 0.320 e. The van der Waals surface area contributed by atoms with Gasteiger partial charge in [0.05, 0.1) is 0 Å². The van der Waals surface area contributed by atoms with E-state index in [2.05, 4.69) is 11.5 Å². The van der Waals surface area contributed by atoms with Gasteiger partial charge >= 0.3 is 12.1 Å². The molecular formula is C2H5N3O2Sn. The molecule has 0 aromatic carbocycles. The molecule has 0 saturated heterocycles. The summed E-state index contributed by atoms with van der Waals surface area (Å²) in [7, 11) is 0. The molecule has 0 bridgehead atoms. The van der Waals surface area contributed by atoms with Crippen molar-refractivity contribution in [3.63, 3.8) is 0 Å². The van der Waals surface area contributed by atoms with Crippen molar-refractivity contribution in [2.24, 2.45) is 11.5 Å². The largest absolute Gasteiger partial charge is 0.351 e. The van der Waals surface area contributed by atoms with Crippen LogP contribution in [0, 0.1) is 0 Å². The van der Waals surface area contributed by atoms with Crippen LogP contribution in [0.4, 0.5) is 9.59 Å². The predicted octanol–water partition coefficient (Wildman–Crippen LogP) is -1.65. The first kappa shape index (κ1) is 10.5. The molecule has 0 heterocycles. The summed E-state index contributed by atoms with van der Waals surface area (Å²) in [5.41, 5.74) is 8.88. The summed E-state index contributed by atoms with van der Waals surface area (Å²) in [6.45, 7) is 0. The fourth-order valence-corrected chi connectivity index (χ4v) is 0.121. The summed E-state index contributed by atoms with van der Waals surface area (Å²) in [5, 5.41) is 1.58. The molecule has 44 valence electrons. The van der Waals surface area contributed by atoms with Crippen molar-refractivity contribution < 1.29 is 9.59 Å². The molecule has 0 atom stereocenters. The molecule has 4 radical (unpaired) electrons. The zero-order chi connectivity index (χ0) is 5.86. The van der Waals surface area contributed by atoms with Crippen LogP contribution >= 0.6 is 0 Å². The number of amides is 4. The van der Waals surface area contributed by atoms with Crippen LogP contribution in [-0.4, -0.2) is 36.0 Å². The number of rotatable bonds is 0. The van der Waals surface area contributed by atoms with E-state index in [1.165, 1.54) is 0 Å². The Kier molecular flexibility index (Phi) is 6.16. The van der Waals surface area contributed by atoms with Gasteiger partial charge in [0, 0.05) is 23.9 Å². The third kappa shape index (κ3) is 9.11. The molecule has 0 aliphatic carbocycles. The van der Waals surface area contributed by atoms with Crippen LogP contribution in [0.2, 0.25) is 0 Å². The van der Waals surface area contributed by atoms with Crippen LogP contribution < -0.4 is 16.8 Å². The number of hydrogen-bond acceptors (Lipinski definition) is 2. The van der Waals surface area contributed by atoms with Crippen LogP contribution in [0.25, 0.3) is 0 Å². The fraction of sp³-hybridized carbons (Fsp3) is 0. The molecule has 0 aromatic rings. The first-order chi connectivity index (χ1) is 3.13. The molecule has 5 nitrogen and oxygen atoms in total. The number of carbonyl (C=O) groups excluding carboxylic acids is 2. The molecule has 5 N–H and O–H groups in total. The Hall–Kier alpha value is -0.461. The van der Waals surface area contributed by atoms with Crippen molar-refractivity contribution in [1.29, 1.82) is 0 Å². The van der Waals surface area contributed by atoms with Crippen molar-refractivity contribution in [3.05, 3.63) is 0 Å². The van der Waals surface area contributed by atoms with E-state index in [0.717, 1.165) is 0 Å². The van der Waals surface area contributed by atoms with Crippen molar-refractivity contribution in [1.82, 2.24) is 5.32 Å². The van der Waals surface area contributed by atoms with Crippen LogP contribution in [0.5, 0.6) is 0 Å². The van der Waals surface area contributed by atoms with E-state index in [1.807, 2.05) is 0 Å². The van der Waals surface area contributed by atoms with Gasteiger partial charge in [0.15, 0.2) is 0 Å². The van der Waals surface area contributed by atoms with E-state index in [-0.39, 0.29) is 23.9 Å². The van der Waals surface area contributed by atoms with E-state index in [0.29, 0.717) is 0 Å². The zero-order valence-corrected chi connectivity index (χ0v) is 6.83. The van der Waals surface area contributed by atoms with Crippen molar-refractivity contribution in [3.8, 4) is 0 Å². The Balaban J connectivity index is 0. The third-order valence-corrected chi connectivity index (χ3v) is 0.246. The SMILES string of the molecule is NC(=O)NC(N)=O.[Sn]. The van der Waals surface area contributed by atoms with Crippen LogP contribution in [0.3, 0.4) is 0 Å². The summed E-state index contributed by atoms with van der Waals surface area (Å²) in [5.74, 6) is 0. The standard InChI is InChI=1S/C2H5N3O2.Sn/c3-1(6)5-2(4)7;/h(H5,3,4,5,6,7);. The molecule has 8 heavy (non-hydrogen) atoms. The summed E-state index contributed by atoms with van der Waals surface area (Å²) in [4.78, 5) is 19.2. The monoisotopic (exact) mass is 223 g/mol. The second-order valence-electron chi connectivity index (χ2n) is 0.854. The molecule has 0 spiro atoms. The van der Waals surface area contributed by atoms with E-state index in [1.54, 1.807) is 5.32 Å². The molecule has 0 saturated carbocycles. The minimum atomic E-state index is -0.938. The van der Waals surface area contributed by atoms with Gasteiger partial charge < -0.3 is 11.5 Å². The van der Waals surface area contributed by atoms with Crippen LogP contribution in [-0.2, 0) is 0 Å². The van der Waals surface area contributed by atoms with Gasteiger partial charge in [0.25, 0.3) is 0 Å². The topological polar surface area (TPSA) is 98.2 Å². The number of nitrogens with two attached hydrogens (primary N) is 2. The predicted molar refractivity (Wildman–Crippen MR) is 28.1 cm³/mol. The minimum Gasteiger partial charge on any atom is -0.351 e. The molecule has 6 heteroatoms. The average Bonchev–Trinajstić information content (AvgIpc) is 1.27. The summed E-state index contributed by atoms with van der Waals surface area (Å²) in [6, 6.07) is -1.88. The summed E-state index contributed by atoms with van der Waals surface area (Å²) >= 11 is 0. The summed E-state index contributed by atoms with van der Waals surface area (Å²) < 4.78 is 0. The van der Waals surface area contributed by atoms with Crippen molar-refractivity contribution in [2.75, 3.05) is 0 Å². The van der Waals surface area contributed by atoms with Gasteiger partial charge in [-0.15, -0.1) is 0 Å². The first-order valence-electron chi connectivity index (χ1n) is 1.49. The quantitative estimate of drug-likeness (QED) is 0.428. The number of primary amides is 2. The minimum absolute atomic E-state index is 0. The molecule has 0 aliphatic rings. The Morgan fingerprint density at radius 1 is 1.12 bits per heavy atom. The fourth-order valence-electron chi connectivity index (χ4n) is 0.121. The number of carbonyl (C=O) groups is 2. The second kappa shape index (κ2) is 4.69. The maximum Gasteiger partial charge on any atom is 0.320 e. The van der Waals surface area contributed by atoms with E-state index in [4.69, 9.17) is 0 Å². The molecule has 4 amide bonds. The summed E-state index contributed by atoms with van der Waals surface area (Å²) in [6.07, 6.45) is 0. The van der Waals surface area contributed by atoms with E-state index < -0.39 is 12.1 Å². The number of imide groups is 1. The second-order valence-corrected chi connectivity index (χ2v) is 0.854. The van der Waals surface area contributed by atoms with Crippen molar-refractivity contribution >= 4 is 36.0 Å². The molecule has 0 fully saturated rings. The maximum absolute atomic E-state index is 9.62. The number of urea groups is 2. The van der Waals surface area contributed by atoms with Gasteiger partial charge in [-0.2, -0.15) is 0 Å².